The van der Waals surface area contributed by atoms with Crippen molar-refractivity contribution >= 4 is 23.6 Å². The summed E-state index contributed by atoms with van der Waals surface area (Å²) in [6.45, 7) is 0.0489. The first kappa shape index (κ1) is 27.1. The molecule has 3 rings (SSSR count). The van der Waals surface area contributed by atoms with E-state index in [-0.39, 0.29) is 23.3 Å². The number of amides is 1. The van der Waals surface area contributed by atoms with E-state index in [1.807, 2.05) is 6.26 Å². The molecule has 0 saturated heterocycles. The Hall–Kier alpha value is -3.53. The Kier molecular flexibility index (Phi) is 9.35. The van der Waals surface area contributed by atoms with Crippen LogP contribution in [0.3, 0.4) is 0 Å². The van der Waals surface area contributed by atoms with E-state index in [1.165, 1.54) is 55.4 Å². The molecule has 1 amide bonds. The SMILES string of the molecule is COC(=O)[C@H](CCSC)NC(=O)c1ccc(COc2cccnc2)cc1-c1ccccc1C(F)(F)F. The van der Waals surface area contributed by atoms with E-state index in [2.05, 4.69) is 10.3 Å². The van der Waals surface area contributed by atoms with E-state index in [0.717, 1.165) is 6.07 Å². The predicted molar refractivity (Wildman–Crippen MR) is 132 cm³/mol. The van der Waals surface area contributed by atoms with Crippen LogP contribution in [0.5, 0.6) is 5.75 Å². The van der Waals surface area contributed by atoms with Crippen LogP contribution in [0, 0.1) is 0 Å². The number of benzene rings is 2. The Bertz CT molecular complexity index is 1190. The quantitative estimate of drug-likeness (QED) is 0.364. The van der Waals surface area contributed by atoms with Crippen molar-refractivity contribution in [2.24, 2.45) is 0 Å². The number of methoxy groups -OCH3 is 1. The third-order valence-electron chi connectivity index (χ3n) is 5.29. The molecule has 0 spiro atoms. The van der Waals surface area contributed by atoms with Crippen LogP contribution in [0.15, 0.2) is 67.0 Å². The summed E-state index contributed by atoms with van der Waals surface area (Å²) >= 11 is 1.49. The number of aromatic nitrogens is 1. The number of hydrogen-bond acceptors (Lipinski definition) is 6. The number of esters is 1. The van der Waals surface area contributed by atoms with Crippen LogP contribution >= 0.6 is 11.8 Å². The van der Waals surface area contributed by atoms with Gasteiger partial charge in [0.25, 0.3) is 5.91 Å². The van der Waals surface area contributed by atoms with E-state index in [4.69, 9.17) is 9.47 Å². The maximum Gasteiger partial charge on any atom is 0.417 e. The standard InChI is InChI=1S/C26H25F3N2O4S/c1-34-25(33)23(11-13-36-2)31-24(32)20-10-9-17(16-35-18-6-5-12-30-15-18)14-21(20)19-7-3-4-8-22(19)26(27,28)29/h3-10,12,14-15,23H,11,13,16H2,1-2H3,(H,31,32)/t23-/m0/s1. The van der Waals surface area contributed by atoms with E-state index in [1.54, 1.807) is 24.4 Å². The number of halogens is 3. The molecule has 1 heterocycles. The molecule has 0 radical (unpaired) electrons. The molecule has 6 nitrogen and oxygen atoms in total. The lowest BCUT2D eigenvalue weighted by atomic mass is 9.93. The Morgan fingerprint density at radius 1 is 1.08 bits per heavy atom. The van der Waals surface area contributed by atoms with Crippen molar-refractivity contribution in [1.29, 1.82) is 0 Å². The fourth-order valence-electron chi connectivity index (χ4n) is 3.53. The molecule has 1 aromatic heterocycles. The van der Waals surface area contributed by atoms with Gasteiger partial charge in [-0.05, 0) is 65.5 Å². The molecule has 0 aliphatic rings. The zero-order chi connectivity index (χ0) is 26.1. The molecular formula is C26H25F3N2O4S. The summed E-state index contributed by atoms with van der Waals surface area (Å²) in [6.07, 6.45) is 0.635. The highest BCUT2D eigenvalue weighted by Crippen LogP contribution is 2.38. The zero-order valence-electron chi connectivity index (χ0n) is 19.7. The third kappa shape index (κ3) is 7.00. The molecule has 0 aliphatic carbocycles. The first-order valence-corrected chi connectivity index (χ1v) is 12.3. The molecule has 10 heteroatoms. The summed E-state index contributed by atoms with van der Waals surface area (Å²) in [5, 5.41) is 2.62. The summed E-state index contributed by atoms with van der Waals surface area (Å²) in [5.74, 6) is -0.241. The van der Waals surface area contributed by atoms with Crippen LogP contribution in [0.2, 0.25) is 0 Å². The van der Waals surface area contributed by atoms with Gasteiger partial charge in [0.1, 0.15) is 18.4 Å². The topological polar surface area (TPSA) is 77.5 Å². The molecule has 0 aliphatic heterocycles. The van der Waals surface area contributed by atoms with Crippen LogP contribution in [0.25, 0.3) is 11.1 Å². The number of hydrogen-bond donors (Lipinski definition) is 1. The molecule has 3 aromatic rings. The summed E-state index contributed by atoms with van der Waals surface area (Å²) < 4.78 is 52.0. The van der Waals surface area contributed by atoms with E-state index < -0.39 is 29.7 Å². The Labute approximate surface area is 211 Å². The number of alkyl halides is 3. The average molecular weight is 519 g/mol. The number of carbonyl (C=O) groups excluding carboxylic acids is 2. The summed E-state index contributed by atoms with van der Waals surface area (Å²) in [4.78, 5) is 29.4. The van der Waals surface area contributed by atoms with Crippen LogP contribution < -0.4 is 10.1 Å². The first-order chi connectivity index (χ1) is 17.2. The molecular weight excluding hydrogens is 493 g/mol. The van der Waals surface area contributed by atoms with Crippen LogP contribution in [0.4, 0.5) is 13.2 Å². The van der Waals surface area contributed by atoms with Gasteiger partial charge in [0, 0.05) is 11.8 Å². The van der Waals surface area contributed by atoms with Gasteiger partial charge in [-0.25, -0.2) is 4.79 Å². The monoisotopic (exact) mass is 518 g/mol. The van der Waals surface area contributed by atoms with E-state index >= 15 is 0 Å². The second-order valence-electron chi connectivity index (χ2n) is 7.73. The minimum Gasteiger partial charge on any atom is -0.487 e. The highest BCUT2D eigenvalue weighted by atomic mass is 32.2. The number of rotatable bonds is 10. The molecule has 2 aromatic carbocycles. The van der Waals surface area contributed by atoms with Gasteiger partial charge in [-0.15, -0.1) is 0 Å². The average Bonchev–Trinajstić information content (AvgIpc) is 2.89. The molecule has 1 N–H and O–H groups in total. The third-order valence-corrected chi connectivity index (χ3v) is 5.94. The van der Waals surface area contributed by atoms with E-state index in [9.17, 15) is 22.8 Å². The maximum absolute atomic E-state index is 13.8. The molecule has 1 atom stereocenters. The highest BCUT2D eigenvalue weighted by molar-refractivity contribution is 7.98. The Morgan fingerprint density at radius 2 is 1.86 bits per heavy atom. The summed E-state index contributed by atoms with van der Waals surface area (Å²) in [5.41, 5.74) is -0.418. The van der Waals surface area contributed by atoms with Crippen LogP contribution in [0.1, 0.15) is 27.9 Å². The lowest BCUT2D eigenvalue weighted by molar-refractivity contribution is -0.143. The number of carbonyl (C=O) groups is 2. The smallest absolute Gasteiger partial charge is 0.417 e. The van der Waals surface area contributed by atoms with Gasteiger partial charge < -0.3 is 14.8 Å². The van der Waals surface area contributed by atoms with Crippen molar-refractivity contribution in [3.8, 4) is 16.9 Å². The molecule has 0 bridgehead atoms. The van der Waals surface area contributed by atoms with Gasteiger partial charge in [-0.1, -0.05) is 24.3 Å². The van der Waals surface area contributed by atoms with Gasteiger partial charge in [0.15, 0.2) is 0 Å². The van der Waals surface area contributed by atoms with Crippen molar-refractivity contribution in [1.82, 2.24) is 10.3 Å². The van der Waals surface area contributed by atoms with Gasteiger partial charge in [0.2, 0.25) is 0 Å². The largest absolute Gasteiger partial charge is 0.487 e. The second-order valence-corrected chi connectivity index (χ2v) is 8.72. The molecule has 0 saturated carbocycles. The van der Waals surface area contributed by atoms with Crippen molar-refractivity contribution in [3.63, 3.8) is 0 Å². The van der Waals surface area contributed by atoms with Gasteiger partial charge >= 0.3 is 12.1 Å². The maximum atomic E-state index is 13.8. The van der Waals surface area contributed by atoms with Crippen LogP contribution in [-0.2, 0) is 22.3 Å². The first-order valence-electron chi connectivity index (χ1n) is 10.9. The van der Waals surface area contributed by atoms with Crippen molar-refractivity contribution in [3.05, 3.63) is 83.7 Å². The molecule has 0 fully saturated rings. The number of ether oxygens (including phenoxy) is 2. The van der Waals surface area contributed by atoms with Crippen molar-refractivity contribution < 1.29 is 32.2 Å². The fourth-order valence-corrected chi connectivity index (χ4v) is 4.00. The van der Waals surface area contributed by atoms with Crippen LogP contribution in [-0.4, -0.2) is 42.0 Å². The minimum absolute atomic E-state index is 0.00474. The lowest BCUT2D eigenvalue weighted by Gasteiger charge is -2.20. The number of nitrogens with one attached hydrogen (secondary N) is 1. The molecule has 0 unspecified atom stereocenters. The van der Waals surface area contributed by atoms with Gasteiger partial charge in [-0.3, -0.25) is 9.78 Å². The van der Waals surface area contributed by atoms with E-state index in [0.29, 0.717) is 23.5 Å². The normalized spacial score (nSPS) is 12.0. The highest BCUT2D eigenvalue weighted by Gasteiger charge is 2.34. The van der Waals surface area contributed by atoms with Crippen molar-refractivity contribution in [2.45, 2.75) is 25.2 Å². The minimum atomic E-state index is -4.64. The van der Waals surface area contributed by atoms with Gasteiger partial charge in [0.05, 0.1) is 18.9 Å². The molecule has 190 valence electrons. The number of nitrogens with zero attached hydrogens (tertiary/aromatic N) is 1. The number of thioether (sulfide) groups is 1. The summed E-state index contributed by atoms with van der Waals surface area (Å²) in [6, 6.07) is 12.0. The van der Waals surface area contributed by atoms with Crippen molar-refractivity contribution in [2.75, 3.05) is 19.1 Å². The second kappa shape index (κ2) is 12.4. The Balaban J connectivity index is 2.02. The predicted octanol–water partition coefficient (Wildman–Crippen LogP) is 5.37. The van der Waals surface area contributed by atoms with Gasteiger partial charge in [-0.2, -0.15) is 24.9 Å². The summed E-state index contributed by atoms with van der Waals surface area (Å²) in [7, 11) is 1.21. The lowest BCUT2D eigenvalue weighted by Crippen LogP contribution is -2.42. The zero-order valence-corrected chi connectivity index (χ0v) is 20.5. The Morgan fingerprint density at radius 3 is 2.53 bits per heavy atom. The number of pyridine rings is 1. The molecule has 36 heavy (non-hydrogen) atoms. The fraction of sp³-hybridized carbons (Fsp3) is 0.269.